The Bertz CT molecular complexity index is 472. The molecule has 1 aliphatic heterocycles. The van der Waals surface area contributed by atoms with Gasteiger partial charge in [0.1, 0.15) is 5.75 Å². The van der Waals surface area contributed by atoms with Crippen molar-refractivity contribution in [2.75, 3.05) is 6.61 Å². The van der Waals surface area contributed by atoms with Crippen LogP contribution >= 0.6 is 0 Å². The van der Waals surface area contributed by atoms with Gasteiger partial charge in [-0.25, -0.2) is 4.79 Å². The Morgan fingerprint density at radius 2 is 2.19 bits per heavy atom. The summed E-state index contributed by atoms with van der Waals surface area (Å²) in [6.07, 6.45) is 1.93. The molecule has 3 nitrogen and oxygen atoms in total. The fraction of sp³-hybridized carbons (Fsp3) is 0.308. The van der Waals surface area contributed by atoms with Gasteiger partial charge in [-0.15, -0.1) is 0 Å². The van der Waals surface area contributed by atoms with Crippen LogP contribution in [0.1, 0.15) is 23.1 Å². The highest BCUT2D eigenvalue weighted by atomic mass is 16.5. The summed E-state index contributed by atoms with van der Waals surface area (Å²) in [6, 6.07) is 3.93. The molecule has 1 heterocycles. The molecule has 0 aliphatic carbocycles. The molecule has 1 aliphatic rings. The molecule has 16 heavy (non-hydrogen) atoms. The quantitative estimate of drug-likeness (QED) is 0.737. The number of carboxylic acids is 1. The predicted molar refractivity (Wildman–Crippen MR) is 61.6 cm³/mol. The molecule has 0 unspecified atom stereocenters. The van der Waals surface area contributed by atoms with Gasteiger partial charge < -0.3 is 9.84 Å². The Hall–Kier alpha value is -1.77. The van der Waals surface area contributed by atoms with Crippen molar-refractivity contribution in [1.82, 2.24) is 0 Å². The van der Waals surface area contributed by atoms with Crippen molar-refractivity contribution in [3.63, 3.8) is 0 Å². The maximum Gasteiger partial charge on any atom is 0.328 e. The van der Waals surface area contributed by atoms with Crippen LogP contribution in [-0.4, -0.2) is 17.7 Å². The summed E-state index contributed by atoms with van der Waals surface area (Å²) < 4.78 is 5.61. The number of hydrogen-bond donors (Lipinski definition) is 1. The molecule has 2 rings (SSSR count). The van der Waals surface area contributed by atoms with E-state index in [9.17, 15) is 4.79 Å². The number of carboxylic acid groups (broad SMARTS) is 1. The summed E-state index contributed by atoms with van der Waals surface area (Å²) in [6.45, 7) is 4.57. The Kier molecular flexibility index (Phi) is 2.69. The number of aliphatic carboxylic acids is 1. The van der Waals surface area contributed by atoms with E-state index in [-0.39, 0.29) is 0 Å². The number of ether oxygens (including phenoxy) is 1. The Morgan fingerprint density at radius 3 is 2.88 bits per heavy atom. The number of hydrogen-bond acceptors (Lipinski definition) is 2. The maximum atomic E-state index is 10.7. The lowest BCUT2D eigenvalue weighted by Gasteiger charge is -2.22. The van der Waals surface area contributed by atoms with Crippen molar-refractivity contribution in [3.05, 3.63) is 34.9 Å². The number of carbonyl (C=O) groups is 1. The Morgan fingerprint density at radius 1 is 1.44 bits per heavy atom. The average Bonchev–Trinajstić information content (AvgIpc) is 2.23. The molecule has 0 aromatic heterocycles. The zero-order valence-corrected chi connectivity index (χ0v) is 9.41. The molecule has 1 aromatic rings. The number of benzene rings is 1. The zero-order chi connectivity index (χ0) is 11.7. The highest BCUT2D eigenvalue weighted by Crippen LogP contribution is 2.36. The highest BCUT2D eigenvalue weighted by molar-refractivity contribution is 5.91. The van der Waals surface area contributed by atoms with Gasteiger partial charge in [-0.2, -0.15) is 0 Å². The van der Waals surface area contributed by atoms with Gasteiger partial charge in [0.2, 0.25) is 0 Å². The molecule has 84 valence electrons. The lowest BCUT2D eigenvalue weighted by atomic mass is 9.95. The summed E-state index contributed by atoms with van der Waals surface area (Å²) in [5, 5.41) is 8.80. The van der Waals surface area contributed by atoms with E-state index in [1.54, 1.807) is 0 Å². The predicted octanol–water partition coefficient (Wildman–Crippen LogP) is 2.55. The standard InChI is InChI=1S/C13H14O3/c1-8-3-4-11-10(7-12(14)15)5-6-16-13(11)9(8)2/h3-4,7H,5-6H2,1-2H3,(H,14,15)/b10-7+. The van der Waals surface area contributed by atoms with E-state index < -0.39 is 5.97 Å². The van der Waals surface area contributed by atoms with Crippen molar-refractivity contribution < 1.29 is 14.6 Å². The van der Waals surface area contributed by atoms with Gasteiger partial charge in [0.05, 0.1) is 6.61 Å². The lowest BCUT2D eigenvalue weighted by Crippen LogP contribution is -2.10. The summed E-state index contributed by atoms with van der Waals surface area (Å²) in [4.78, 5) is 10.7. The first-order valence-corrected chi connectivity index (χ1v) is 5.26. The van der Waals surface area contributed by atoms with Crippen LogP contribution in [0.3, 0.4) is 0 Å². The van der Waals surface area contributed by atoms with E-state index in [0.29, 0.717) is 13.0 Å². The van der Waals surface area contributed by atoms with E-state index in [0.717, 1.165) is 28.0 Å². The molecule has 0 amide bonds. The van der Waals surface area contributed by atoms with Crippen molar-refractivity contribution in [1.29, 1.82) is 0 Å². The third kappa shape index (κ3) is 1.81. The van der Waals surface area contributed by atoms with Crippen LogP contribution < -0.4 is 4.74 Å². The second-order valence-electron chi connectivity index (χ2n) is 3.99. The minimum atomic E-state index is -0.902. The molecule has 1 aromatic carbocycles. The van der Waals surface area contributed by atoms with E-state index in [1.807, 2.05) is 26.0 Å². The van der Waals surface area contributed by atoms with Crippen molar-refractivity contribution >= 4 is 11.5 Å². The summed E-state index contributed by atoms with van der Waals surface area (Å²) in [5.74, 6) is -0.0696. The van der Waals surface area contributed by atoms with Crippen LogP contribution in [-0.2, 0) is 4.79 Å². The Labute approximate surface area is 94.4 Å². The Balaban J connectivity index is 2.56. The molecule has 0 fully saturated rings. The molecule has 0 saturated carbocycles. The van der Waals surface area contributed by atoms with E-state index in [1.165, 1.54) is 6.08 Å². The first-order valence-electron chi connectivity index (χ1n) is 5.26. The minimum Gasteiger partial charge on any atom is -0.492 e. The lowest BCUT2D eigenvalue weighted by molar-refractivity contribution is -0.131. The molecular weight excluding hydrogens is 204 g/mol. The van der Waals surface area contributed by atoms with Gasteiger partial charge in [0, 0.05) is 18.1 Å². The van der Waals surface area contributed by atoms with Crippen LogP contribution in [0.25, 0.3) is 5.57 Å². The second kappa shape index (κ2) is 4.00. The third-order valence-corrected chi connectivity index (χ3v) is 2.94. The monoisotopic (exact) mass is 218 g/mol. The SMILES string of the molecule is Cc1ccc2c(c1C)OCC/C2=C\C(=O)O. The van der Waals surface area contributed by atoms with E-state index in [4.69, 9.17) is 9.84 Å². The normalized spacial score (nSPS) is 16.8. The molecule has 1 N–H and O–H groups in total. The fourth-order valence-corrected chi connectivity index (χ4v) is 1.93. The van der Waals surface area contributed by atoms with Crippen molar-refractivity contribution in [2.45, 2.75) is 20.3 Å². The third-order valence-electron chi connectivity index (χ3n) is 2.94. The second-order valence-corrected chi connectivity index (χ2v) is 3.99. The summed E-state index contributed by atoms with van der Waals surface area (Å²) in [5.41, 5.74) is 4.01. The smallest absolute Gasteiger partial charge is 0.328 e. The van der Waals surface area contributed by atoms with Gasteiger partial charge in [-0.1, -0.05) is 12.1 Å². The van der Waals surface area contributed by atoms with Gasteiger partial charge in [-0.3, -0.25) is 0 Å². The number of rotatable bonds is 1. The van der Waals surface area contributed by atoms with Crippen LogP contribution in [0.2, 0.25) is 0 Å². The highest BCUT2D eigenvalue weighted by Gasteiger charge is 2.18. The van der Waals surface area contributed by atoms with Crippen molar-refractivity contribution in [3.8, 4) is 5.75 Å². The average molecular weight is 218 g/mol. The van der Waals surface area contributed by atoms with Crippen LogP contribution in [0.4, 0.5) is 0 Å². The molecule has 0 bridgehead atoms. The first kappa shape index (κ1) is 10.7. The van der Waals surface area contributed by atoms with E-state index >= 15 is 0 Å². The molecule has 3 heteroatoms. The maximum absolute atomic E-state index is 10.7. The molecule has 0 spiro atoms. The van der Waals surface area contributed by atoms with Gasteiger partial charge >= 0.3 is 5.97 Å². The van der Waals surface area contributed by atoms with Crippen LogP contribution in [0.15, 0.2) is 18.2 Å². The van der Waals surface area contributed by atoms with Gasteiger partial charge in [-0.05, 0) is 30.5 Å². The molecule has 0 radical (unpaired) electrons. The first-order chi connectivity index (χ1) is 7.59. The molecule has 0 atom stereocenters. The van der Waals surface area contributed by atoms with E-state index in [2.05, 4.69) is 0 Å². The zero-order valence-electron chi connectivity index (χ0n) is 9.41. The van der Waals surface area contributed by atoms with Gasteiger partial charge in [0.15, 0.2) is 0 Å². The van der Waals surface area contributed by atoms with Gasteiger partial charge in [0.25, 0.3) is 0 Å². The van der Waals surface area contributed by atoms with Crippen LogP contribution in [0, 0.1) is 13.8 Å². The number of aryl methyl sites for hydroxylation is 1. The summed E-state index contributed by atoms with van der Waals surface area (Å²) >= 11 is 0. The fourth-order valence-electron chi connectivity index (χ4n) is 1.93. The van der Waals surface area contributed by atoms with Crippen molar-refractivity contribution in [2.24, 2.45) is 0 Å². The topological polar surface area (TPSA) is 46.5 Å². The molecule has 0 saturated heterocycles. The number of fused-ring (bicyclic) bond motifs is 1. The largest absolute Gasteiger partial charge is 0.492 e. The molecular formula is C13H14O3. The minimum absolute atomic E-state index is 0.552. The van der Waals surface area contributed by atoms with Crippen LogP contribution in [0.5, 0.6) is 5.75 Å². The summed E-state index contributed by atoms with van der Waals surface area (Å²) in [7, 11) is 0.